The van der Waals surface area contributed by atoms with Gasteiger partial charge in [0.25, 0.3) is 0 Å². The first kappa shape index (κ1) is 22.4. The van der Waals surface area contributed by atoms with Crippen LogP contribution in [-0.2, 0) is 17.6 Å². The Morgan fingerprint density at radius 3 is 2.97 bits per heavy atom. The van der Waals surface area contributed by atoms with Gasteiger partial charge in [-0.05, 0) is 82.0 Å². The summed E-state index contributed by atoms with van der Waals surface area (Å²) in [5.74, 6) is 1.15. The van der Waals surface area contributed by atoms with Crippen molar-refractivity contribution < 1.29 is 4.79 Å². The molecule has 0 bridgehead atoms. The van der Waals surface area contributed by atoms with Crippen molar-refractivity contribution in [2.45, 2.75) is 30.6 Å². The molecule has 1 amide bonds. The van der Waals surface area contributed by atoms with E-state index < -0.39 is 0 Å². The maximum atomic E-state index is 13.1. The van der Waals surface area contributed by atoms with Gasteiger partial charge >= 0.3 is 0 Å². The van der Waals surface area contributed by atoms with Crippen LogP contribution in [0.3, 0.4) is 0 Å². The van der Waals surface area contributed by atoms with E-state index in [1.807, 2.05) is 18.0 Å². The number of anilines is 3. The number of benzene rings is 1. The summed E-state index contributed by atoms with van der Waals surface area (Å²) in [5, 5.41) is 4.61. The smallest absolute Gasteiger partial charge is 0.225 e. The first-order valence-corrected chi connectivity index (χ1v) is 12.9. The normalized spacial score (nSPS) is 17.0. The van der Waals surface area contributed by atoms with Crippen LogP contribution >= 0.6 is 23.3 Å². The molecule has 3 aromatic rings. The molecule has 0 radical (unpaired) electrons. The van der Waals surface area contributed by atoms with Gasteiger partial charge in [0.2, 0.25) is 5.91 Å². The standard InChI is InChI=1S/C23H29N7OS2/c1-29(2)9-4-10-30(3)23(31)14-5-7-16-18(11-14)32-22-20(16)21(24-13-25-22)26-15-6-8-17-19(12-15)33-28-27-17/h6,8,12-14,27-28H,4-5,7,9-11H2,1-3H3,(H,24,25,26)/t14-/m0/s1. The molecule has 0 unspecified atom stereocenters. The van der Waals surface area contributed by atoms with Crippen molar-refractivity contribution in [3.63, 3.8) is 0 Å². The van der Waals surface area contributed by atoms with Crippen LogP contribution in [0.5, 0.6) is 0 Å². The molecule has 33 heavy (non-hydrogen) atoms. The molecule has 1 aliphatic carbocycles. The second kappa shape index (κ2) is 9.46. The van der Waals surface area contributed by atoms with Gasteiger partial charge in [-0.15, -0.1) is 11.3 Å². The maximum absolute atomic E-state index is 13.1. The number of fused-ring (bicyclic) bond motifs is 4. The Hall–Kier alpha value is -2.40. The second-order valence-electron chi connectivity index (χ2n) is 8.93. The first-order valence-electron chi connectivity index (χ1n) is 11.2. The summed E-state index contributed by atoms with van der Waals surface area (Å²) in [5.41, 5.74) is 6.50. The summed E-state index contributed by atoms with van der Waals surface area (Å²) < 4.78 is 0. The van der Waals surface area contributed by atoms with Crippen LogP contribution in [0.25, 0.3) is 10.2 Å². The fourth-order valence-corrected chi connectivity index (χ4v) is 6.47. The van der Waals surface area contributed by atoms with Crippen molar-refractivity contribution in [2.75, 3.05) is 45.0 Å². The Morgan fingerprint density at radius 2 is 2.12 bits per heavy atom. The summed E-state index contributed by atoms with van der Waals surface area (Å²) >= 11 is 3.27. The van der Waals surface area contributed by atoms with E-state index in [2.05, 4.69) is 56.7 Å². The average Bonchev–Trinajstić information content (AvgIpc) is 3.42. The summed E-state index contributed by atoms with van der Waals surface area (Å²) in [6.45, 7) is 1.80. The molecule has 0 spiro atoms. The van der Waals surface area contributed by atoms with Crippen LogP contribution in [0.4, 0.5) is 17.2 Å². The third-order valence-corrected chi connectivity index (χ3v) is 8.18. The SMILES string of the molecule is CN(C)CCCN(C)C(=O)[C@H]1CCc2c(sc3ncnc(Nc4ccc5c(c4)SNN5)c23)C1. The van der Waals surface area contributed by atoms with Gasteiger partial charge in [-0.2, -0.15) is 4.83 Å². The zero-order valence-corrected chi connectivity index (χ0v) is 20.8. The van der Waals surface area contributed by atoms with Gasteiger partial charge in [0, 0.05) is 30.1 Å². The largest absolute Gasteiger partial charge is 0.345 e. The molecule has 2 aliphatic rings. The third kappa shape index (κ3) is 4.65. The number of hydrogen-bond donors (Lipinski definition) is 3. The number of carbonyl (C=O) groups is 1. The van der Waals surface area contributed by atoms with Gasteiger partial charge in [0.1, 0.15) is 17.0 Å². The van der Waals surface area contributed by atoms with E-state index in [-0.39, 0.29) is 11.8 Å². The van der Waals surface area contributed by atoms with Crippen LogP contribution in [0, 0.1) is 5.92 Å². The molecule has 3 N–H and O–H groups in total. The molecule has 10 heteroatoms. The number of aryl methyl sites for hydroxylation is 1. The number of thiophene rings is 1. The monoisotopic (exact) mass is 483 g/mol. The molecule has 174 valence electrons. The Morgan fingerprint density at radius 1 is 1.24 bits per heavy atom. The van der Waals surface area contributed by atoms with Crippen molar-refractivity contribution in [2.24, 2.45) is 5.92 Å². The number of aromatic nitrogens is 2. The van der Waals surface area contributed by atoms with Crippen molar-refractivity contribution in [3.8, 4) is 0 Å². The molecule has 1 atom stereocenters. The van der Waals surface area contributed by atoms with Crippen LogP contribution in [-0.4, -0.2) is 59.9 Å². The maximum Gasteiger partial charge on any atom is 0.225 e. The van der Waals surface area contributed by atoms with Crippen molar-refractivity contribution >= 4 is 56.6 Å². The number of amides is 1. The van der Waals surface area contributed by atoms with Gasteiger partial charge < -0.3 is 20.5 Å². The van der Waals surface area contributed by atoms with Gasteiger partial charge in [-0.25, -0.2) is 9.97 Å². The highest BCUT2D eigenvalue weighted by molar-refractivity contribution is 7.98. The lowest BCUT2D eigenvalue weighted by molar-refractivity contribution is -0.134. The minimum atomic E-state index is 0.0491. The van der Waals surface area contributed by atoms with Gasteiger partial charge in [0.05, 0.1) is 16.0 Å². The zero-order chi connectivity index (χ0) is 22.9. The van der Waals surface area contributed by atoms with E-state index in [9.17, 15) is 4.79 Å². The molecule has 2 aromatic heterocycles. The van der Waals surface area contributed by atoms with Gasteiger partial charge in [-0.1, -0.05) is 0 Å². The number of carbonyl (C=O) groups excluding carboxylic acids is 1. The number of hydrogen-bond acceptors (Lipinski definition) is 9. The summed E-state index contributed by atoms with van der Waals surface area (Å²) in [6, 6.07) is 6.21. The topological polar surface area (TPSA) is 85.4 Å². The van der Waals surface area contributed by atoms with Crippen molar-refractivity contribution in [3.05, 3.63) is 35.0 Å². The Balaban J connectivity index is 1.34. The van der Waals surface area contributed by atoms with E-state index in [0.29, 0.717) is 0 Å². The molecule has 8 nitrogen and oxygen atoms in total. The predicted molar refractivity (Wildman–Crippen MR) is 136 cm³/mol. The number of rotatable bonds is 7. The van der Waals surface area contributed by atoms with E-state index in [0.717, 1.165) is 71.1 Å². The summed E-state index contributed by atoms with van der Waals surface area (Å²) in [6.07, 6.45) is 5.16. The molecule has 1 aliphatic heterocycles. The van der Waals surface area contributed by atoms with E-state index in [1.165, 1.54) is 10.4 Å². The predicted octanol–water partition coefficient (Wildman–Crippen LogP) is 3.89. The molecule has 0 fully saturated rings. The number of nitrogens with zero attached hydrogens (tertiary/aromatic N) is 4. The van der Waals surface area contributed by atoms with Crippen LogP contribution in [0.1, 0.15) is 23.3 Å². The Bertz CT molecular complexity index is 1180. The summed E-state index contributed by atoms with van der Waals surface area (Å²) in [7, 11) is 6.07. The average molecular weight is 484 g/mol. The highest BCUT2D eigenvalue weighted by Gasteiger charge is 2.30. The molecular weight excluding hydrogens is 454 g/mol. The van der Waals surface area contributed by atoms with E-state index in [4.69, 9.17) is 0 Å². The molecule has 0 saturated heterocycles. The Kier molecular flexibility index (Phi) is 6.42. The van der Waals surface area contributed by atoms with Gasteiger partial charge in [-0.3, -0.25) is 4.79 Å². The molecular formula is C23H29N7OS2. The number of nitrogens with one attached hydrogen (secondary N) is 3. The first-order chi connectivity index (χ1) is 16.0. The Labute approximate surface area is 202 Å². The lowest BCUT2D eigenvalue weighted by Crippen LogP contribution is -2.36. The quantitative estimate of drug-likeness (QED) is 0.437. The van der Waals surface area contributed by atoms with Gasteiger partial charge in [0.15, 0.2) is 0 Å². The van der Waals surface area contributed by atoms with Crippen LogP contribution < -0.4 is 15.6 Å². The summed E-state index contributed by atoms with van der Waals surface area (Å²) in [4.78, 5) is 32.7. The van der Waals surface area contributed by atoms with Crippen LogP contribution in [0.2, 0.25) is 0 Å². The minimum absolute atomic E-state index is 0.0491. The fourth-order valence-electron chi connectivity index (χ4n) is 4.52. The molecule has 1 aromatic carbocycles. The van der Waals surface area contributed by atoms with E-state index >= 15 is 0 Å². The van der Waals surface area contributed by atoms with E-state index in [1.54, 1.807) is 29.6 Å². The zero-order valence-electron chi connectivity index (χ0n) is 19.1. The second-order valence-corrected chi connectivity index (χ2v) is 10.9. The molecule has 5 rings (SSSR count). The highest BCUT2D eigenvalue weighted by atomic mass is 32.2. The lowest BCUT2D eigenvalue weighted by atomic mass is 9.87. The minimum Gasteiger partial charge on any atom is -0.345 e. The number of hydrazine groups is 1. The van der Waals surface area contributed by atoms with Crippen molar-refractivity contribution in [1.29, 1.82) is 0 Å². The highest BCUT2D eigenvalue weighted by Crippen LogP contribution is 2.41. The molecule has 0 saturated carbocycles. The van der Waals surface area contributed by atoms with Crippen LogP contribution in [0.15, 0.2) is 29.4 Å². The van der Waals surface area contributed by atoms with Crippen molar-refractivity contribution in [1.82, 2.24) is 24.6 Å². The third-order valence-electron chi connectivity index (χ3n) is 6.26. The molecule has 3 heterocycles. The lowest BCUT2D eigenvalue weighted by Gasteiger charge is -2.27. The fraction of sp³-hybridized carbons (Fsp3) is 0.435.